The van der Waals surface area contributed by atoms with Crippen molar-refractivity contribution in [2.24, 2.45) is 0 Å². The molecule has 1 aliphatic rings. The Balaban J connectivity index is 1.39. The lowest BCUT2D eigenvalue weighted by molar-refractivity contribution is -0.122. The van der Waals surface area contributed by atoms with Gasteiger partial charge >= 0.3 is 0 Å². The van der Waals surface area contributed by atoms with Gasteiger partial charge in [0.05, 0.1) is 6.54 Å². The highest BCUT2D eigenvalue weighted by Crippen LogP contribution is 2.23. The quantitative estimate of drug-likeness (QED) is 0.684. The molecule has 2 unspecified atom stereocenters. The van der Waals surface area contributed by atoms with E-state index in [1.807, 2.05) is 18.2 Å². The van der Waals surface area contributed by atoms with Gasteiger partial charge in [0.2, 0.25) is 0 Å². The first-order chi connectivity index (χ1) is 13.9. The molecule has 0 bridgehead atoms. The Labute approximate surface area is 173 Å². The van der Waals surface area contributed by atoms with Crippen LogP contribution in [-0.2, 0) is 16.0 Å². The predicted molar refractivity (Wildman–Crippen MR) is 118 cm³/mol. The molecule has 2 atom stereocenters. The Hall–Kier alpha value is -2.27. The minimum absolute atomic E-state index is 0.229. The molecule has 3 rings (SSSR count). The number of rotatable bonds is 9. The highest BCUT2D eigenvalue weighted by molar-refractivity contribution is 5.91. The van der Waals surface area contributed by atoms with Crippen molar-refractivity contribution in [1.29, 1.82) is 0 Å². The lowest BCUT2D eigenvalue weighted by Crippen LogP contribution is -2.46. The summed E-state index contributed by atoms with van der Waals surface area (Å²) in [4.78, 5) is 31.0. The molecule has 0 amide bonds. The molecule has 1 aromatic carbocycles. The fourth-order valence-electron chi connectivity index (χ4n) is 4.37. The maximum atomic E-state index is 12.3. The van der Waals surface area contributed by atoms with Crippen LogP contribution in [0.2, 0.25) is 0 Å². The zero-order chi connectivity index (χ0) is 20.8. The van der Waals surface area contributed by atoms with E-state index in [2.05, 4.69) is 29.8 Å². The van der Waals surface area contributed by atoms with Gasteiger partial charge in [-0.2, -0.15) is 0 Å². The number of piperidine rings is 1. The number of pyridine rings is 1. The Morgan fingerprint density at radius 3 is 2.55 bits per heavy atom. The zero-order valence-corrected chi connectivity index (χ0v) is 17.7. The van der Waals surface area contributed by atoms with Gasteiger partial charge in [0.15, 0.2) is 0 Å². The van der Waals surface area contributed by atoms with Crippen molar-refractivity contribution in [2.45, 2.75) is 77.3 Å². The Morgan fingerprint density at radius 2 is 1.79 bits per heavy atom. The molecule has 1 aromatic heterocycles. The summed E-state index contributed by atoms with van der Waals surface area (Å²) in [5, 5.41) is 1.99. The van der Waals surface area contributed by atoms with E-state index in [1.165, 1.54) is 19.3 Å². The molecule has 0 spiro atoms. The van der Waals surface area contributed by atoms with Gasteiger partial charge in [-0.25, -0.2) is 4.98 Å². The van der Waals surface area contributed by atoms with E-state index in [-0.39, 0.29) is 11.6 Å². The molecule has 2 heterocycles. The lowest BCUT2D eigenvalue weighted by Gasteiger charge is -2.38. The Morgan fingerprint density at radius 1 is 1.07 bits per heavy atom. The first-order valence-corrected chi connectivity index (χ1v) is 10.9. The van der Waals surface area contributed by atoms with Crippen molar-refractivity contribution < 1.29 is 9.59 Å². The summed E-state index contributed by atoms with van der Waals surface area (Å²) in [5.41, 5.74) is 7.01. The van der Waals surface area contributed by atoms with Gasteiger partial charge in [0.1, 0.15) is 17.4 Å². The highest BCUT2D eigenvalue weighted by Gasteiger charge is 2.26. The predicted octanol–water partition coefficient (Wildman–Crippen LogP) is 4.32. The molecule has 1 aliphatic heterocycles. The van der Waals surface area contributed by atoms with Crippen molar-refractivity contribution >= 4 is 28.2 Å². The summed E-state index contributed by atoms with van der Waals surface area (Å²) in [5.74, 6) is 1.02. The van der Waals surface area contributed by atoms with E-state index in [0.29, 0.717) is 56.6 Å². The Bertz CT molecular complexity index is 854. The van der Waals surface area contributed by atoms with Gasteiger partial charge in [0.25, 0.3) is 0 Å². The molecule has 5 heteroatoms. The van der Waals surface area contributed by atoms with Crippen molar-refractivity contribution in [1.82, 2.24) is 9.88 Å². The van der Waals surface area contributed by atoms with E-state index < -0.39 is 0 Å². The smallest absolute Gasteiger partial charge is 0.146 e. The van der Waals surface area contributed by atoms with Crippen LogP contribution in [0.25, 0.3) is 10.8 Å². The number of benzene rings is 1. The molecule has 1 fully saturated rings. The number of carbonyl (C=O) groups is 2. The van der Waals surface area contributed by atoms with Gasteiger partial charge in [-0.05, 0) is 56.5 Å². The number of fused-ring (bicyclic) bond motifs is 1. The molecule has 0 radical (unpaired) electrons. The number of aryl methyl sites for hydroxylation is 1. The molecule has 5 nitrogen and oxygen atoms in total. The molecule has 2 aromatic rings. The monoisotopic (exact) mass is 395 g/mol. The van der Waals surface area contributed by atoms with Crippen molar-refractivity contribution in [2.75, 3.05) is 12.3 Å². The van der Waals surface area contributed by atoms with Crippen LogP contribution in [0.3, 0.4) is 0 Å². The minimum atomic E-state index is 0.229. The fraction of sp³-hybridized carbons (Fsp3) is 0.542. The van der Waals surface area contributed by atoms with Crippen LogP contribution in [0, 0.1) is 0 Å². The summed E-state index contributed by atoms with van der Waals surface area (Å²) >= 11 is 0. The first kappa shape index (κ1) is 21.4. The van der Waals surface area contributed by atoms with Crippen LogP contribution in [0.5, 0.6) is 0 Å². The van der Waals surface area contributed by atoms with Gasteiger partial charge in [-0.15, -0.1) is 0 Å². The summed E-state index contributed by atoms with van der Waals surface area (Å²) in [6.07, 6.45) is 8.19. The topological polar surface area (TPSA) is 76.3 Å². The maximum absolute atomic E-state index is 12.3. The minimum Gasteiger partial charge on any atom is -0.383 e. The van der Waals surface area contributed by atoms with E-state index >= 15 is 0 Å². The lowest BCUT2D eigenvalue weighted by atomic mass is 9.96. The van der Waals surface area contributed by atoms with Crippen LogP contribution < -0.4 is 5.73 Å². The molecule has 156 valence electrons. The van der Waals surface area contributed by atoms with E-state index in [9.17, 15) is 9.59 Å². The standard InChI is InChI=1S/C24H33N3O2/c1-17-5-3-6-18(2)27(17)16-22(29)8-4-7-21(28)11-9-19-10-12-23-20(15-19)13-14-26-24(23)25/h10,12-15,17-18H,3-9,11,16H2,1-2H3,(H2,25,26). The number of hydrogen-bond acceptors (Lipinski definition) is 5. The number of hydrogen-bond donors (Lipinski definition) is 1. The summed E-state index contributed by atoms with van der Waals surface area (Å²) in [7, 11) is 0. The third kappa shape index (κ3) is 5.86. The highest BCUT2D eigenvalue weighted by atomic mass is 16.1. The van der Waals surface area contributed by atoms with Gasteiger partial charge < -0.3 is 5.73 Å². The molecular formula is C24H33N3O2. The molecule has 0 aliphatic carbocycles. The Kier molecular flexibility index (Phi) is 7.37. The van der Waals surface area contributed by atoms with Gasteiger partial charge in [-0.3, -0.25) is 14.5 Å². The second-order valence-electron chi connectivity index (χ2n) is 8.48. The van der Waals surface area contributed by atoms with Crippen LogP contribution in [-0.4, -0.2) is 40.1 Å². The number of Topliss-reactive ketones (excluding diaryl/α,β-unsaturated/α-hetero) is 2. The molecule has 0 saturated carbocycles. The summed E-state index contributed by atoms with van der Waals surface area (Å²) in [6.45, 7) is 4.96. The number of carbonyl (C=O) groups excluding carboxylic acids is 2. The number of nitrogens with zero attached hydrogens (tertiary/aromatic N) is 2. The second-order valence-corrected chi connectivity index (χ2v) is 8.48. The van der Waals surface area contributed by atoms with E-state index in [4.69, 9.17) is 5.73 Å². The average Bonchev–Trinajstić information content (AvgIpc) is 2.69. The number of likely N-dealkylation sites (tertiary alicyclic amines) is 1. The van der Waals surface area contributed by atoms with E-state index in [0.717, 1.165) is 16.3 Å². The van der Waals surface area contributed by atoms with Crippen LogP contribution in [0.1, 0.15) is 64.4 Å². The van der Waals surface area contributed by atoms with Gasteiger partial charge in [-0.1, -0.05) is 24.6 Å². The zero-order valence-electron chi connectivity index (χ0n) is 17.7. The largest absolute Gasteiger partial charge is 0.383 e. The van der Waals surface area contributed by atoms with Crippen LogP contribution in [0.15, 0.2) is 30.5 Å². The van der Waals surface area contributed by atoms with E-state index in [1.54, 1.807) is 6.20 Å². The molecule has 2 N–H and O–H groups in total. The van der Waals surface area contributed by atoms with Crippen molar-refractivity contribution in [3.8, 4) is 0 Å². The molecule has 29 heavy (non-hydrogen) atoms. The van der Waals surface area contributed by atoms with Crippen molar-refractivity contribution in [3.63, 3.8) is 0 Å². The third-order valence-corrected chi connectivity index (χ3v) is 6.20. The first-order valence-electron chi connectivity index (χ1n) is 10.9. The summed E-state index contributed by atoms with van der Waals surface area (Å²) in [6, 6.07) is 8.96. The van der Waals surface area contributed by atoms with Crippen LogP contribution >= 0.6 is 0 Å². The number of aromatic nitrogens is 1. The maximum Gasteiger partial charge on any atom is 0.146 e. The molecular weight excluding hydrogens is 362 g/mol. The second kappa shape index (κ2) is 9.97. The number of nitrogen functional groups attached to an aromatic ring is 1. The van der Waals surface area contributed by atoms with Crippen LogP contribution in [0.4, 0.5) is 5.82 Å². The summed E-state index contributed by atoms with van der Waals surface area (Å²) < 4.78 is 0. The average molecular weight is 396 g/mol. The fourth-order valence-corrected chi connectivity index (χ4v) is 4.37. The molecule has 1 saturated heterocycles. The number of nitrogens with two attached hydrogens (primary N) is 1. The van der Waals surface area contributed by atoms with Gasteiger partial charge in [0, 0.05) is 42.9 Å². The SMILES string of the molecule is CC1CCCC(C)N1CC(=O)CCCC(=O)CCc1ccc2c(N)nccc2c1. The number of ketones is 2. The third-order valence-electron chi connectivity index (χ3n) is 6.20. The number of anilines is 1. The van der Waals surface area contributed by atoms with Crippen molar-refractivity contribution in [3.05, 3.63) is 36.0 Å². The normalized spacial score (nSPS) is 20.1.